The summed E-state index contributed by atoms with van der Waals surface area (Å²) in [5.74, 6) is -1.23. The first kappa shape index (κ1) is 30.6. The standard InChI is InChI=1S/C35H39N3O7/c1-21-22(2)44-15-9-5-8-12-24-19-35(24,34(41)42)37-32(39)30-17-26(20-38(30)33(21)40)45-31-18-28(23-10-6-4-7-11-23)36-29-16-25(43-3)13-14-27(29)31/h4-7,9-11,13-14,16,18,21-22,24,26,30H,8,12,15,17,19-20H2,1-3H3,(H,37,39)(H,41,42)/b9-5+/t21-,22+,24?,26+,30-,35+/m0/s1. The van der Waals surface area contributed by atoms with Gasteiger partial charge in [-0.05, 0) is 44.2 Å². The third-order valence-corrected chi connectivity index (χ3v) is 9.42. The lowest BCUT2D eigenvalue weighted by Gasteiger charge is -2.29. The molecule has 0 radical (unpaired) electrons. The highest BCUT2D eigenvalue weighted by molar-refractivity contribution is 5.95. The van der Waals surface area contributed by atoms with Gasteiger partial charge in [-0.1, -0.05) is 49.4 Å². The fraction of sp³-hybridized carbons (Fsp3) is 0.429. The van der Waals surface area contributed by atoms with Gasteiger partial charge in [0.2, 0.25) is 11.8 Å². The lowest BCUT2D eigenvalue weighted by atomic mass is 10.0. The molecule has 2 fully saturated rings. The molecule has 1 saturated carbocycles. The molecule has 45 heavy (non-hydrogen) atoms. The number of carboxylic acids is 1. The summed E-state index contributed by atoms with van der Waals surface area (Å²) in [7, 11) is 1.60. The van der Waals surface area contributed by atoms with Gasteiger partial charge < -0.3 is 29.5 Å². The number of fused-ring (bicyclic) bond motifs is 3. The topological polar surface area (TPSA) is 127 Å². The molecule has 2 aromatic carbocycles. The maximum atomic E-state index is 13.9. The van der Waals surface area contributed by atoms with E-state index in [1.807, 2.05) is 73.7 Å². The maximum Gasteiger partial charge on any atom is 0.329 e. The molecule has 1 aliphatic carbocycles. The van der Waals surface area contributed by atoms with Crippen LogP contribution in [0, 0.1) is 11.8 Å². The van der Waals surface area contributed by atoms with Gasteiger partial charge in [0.1, 0.15) is 29.2 Å². The van der Waals surface area contributed by atoms with Crippen molar-refractivity contribution in [3.05, 3.63) is 66.7 Å². The number of benzene rings is 2. The van der Waals surface area contributed by atoms with Crippen molar-refractivity contribution in [3.63, 3.8) is 0 Å². The molecule has 6 rings (SSSR count). The van der Waals surface area contributed by atoms with Crippen LogP contribution in [0.3, 0.4) is 0 Å². The second-order valence-electron chi connectivity index (χ2n) is 12.3. The van der Waals surface area contributed by atoms with Crippen molar-refractivity contribution in [2.45, 2.75) is 63.3 Å². The van der Waals surface area contributed by atoms with E-state index in [1.54, 1.807) is 14.0 Å². The molecule has 1 aromatic heterocycles. The van der Waals surface area contributed by atoms with Crippen LogP contribution in [0.4, 0.5) is 0 Å². The van der Waals surface area contributed by atoms with E-state index in [1.165, 1.54) is 4.90 Å². The number of hydrogen-bond donors (Lipinski definition) is 2. The molecule has 10 nitrogen and oxygen atoms in total. The number of rotatable bonds is 5. The first-order valence-electron chi connectivity index (χ1n) is 15.5. The third-order valence-electron chi connectivity index (χ3n) is 9.42. The number of amides is 2. The van der Waals surface area contributed by atoms with Gasteiger partial charge in [-0.25, -0.2) is 9.78 Å². The minimum atomic E-state index is -1.32. The Balaban J connectivity index is 1.33. The van der Waals surface area contributed by atoms with E-state index in [0.29, 0.717) is 48.6 Å². The van der Waals surface area contributed by atoms with Crippen LogP contribution in [-0.4, -0.2) is 76.8 Å². The average molecular weight is 614 g/mol. The van der Waals surface area contributed by atoms with Gasteiger partial charge >= 0.3 is 5.97 Å². The van der Waals surface area contributed by atoms with Crippen LogP contribution in [0.25, 0.3) is 22.2 Å². The zero-order valence-electron chi connectivity index (χ0n) is 25.8. The Morgan fingerprint density at radius 2 is 1.91 bits per heavy atom. The smallest absolute Gasteiger partial charge is 0.329 e. The molecule has 2 amide bonds. The van der Waals surface area contributed by atoms with Crippen LogP contribution in [-0.2, 0) is 19.1 Å². The third kappa shape index (κ3) is 6.11. The van der Waals surface area contributed by atoms with Crippen LogP contribution in [0.1, 0.15) is 39.5 Å². The summed E-state index contributed by atoms with van der Waals surface area (Å²) in [5, 5.41) is 13.7. The summed E-state index contributed by atoms with van der Waals surface area (Å²) < 4.78 is 18.0. The Hall–Kier alpha value is -4.44. The number of ether oxygens (including phenoxy) is 3. The predicted octanol–water partition coefficient (Wildman–Crippen LogP) is 4.61. The number of hydrogen-bond acceptors (Lipinski definition) is 7. The highest BCUT2D eigenvalue weighted by Gasteiger charge is 2.62. The van der Waals surface area contributed by atoms with Crippen molar-refractivity contribution in [2.24, 2.45) is 11.8 Å². The lowest BCUT2D eigenvalue weighted by Crippen LogP contribution is -2.54. The summed E-state index contributed by atoms with van der Waals surface area (Å²) in [6, 6.07) is 16.3. The van der Waals surface area contributed by atoms with Crippen LogP contribution in [0.5, 0.6) is 11.5 Å². The van der Waals surface area contributed by atoms with Crippen molar-refractivity contribution in [3.8, 4) is 22.8 Å². The second kappa shape index (κ2) is 12.5. The zero-order valence-corrected chi connectivity index (χ0v) is 25.8. The Labute approximate surface area is 262 Å². The summed E-state index contributed by atoms with van der Waals surface area (Å²) in [6.45, 7) is 4.16. The van der Waals surface area contributed by atoms with Gasteiger partial charge in [0.15, 0.2) is 0 Å². The molecule has 10 heteroatoms. The van der Waals surface area contributed by atoms with Crippen molar-refractivity contribution in [2.75, 3.05) is 20.3 Å². The minimum absolute atomic E-state index is 0.165. The molecule has 0 bridgehead atoms. The largest absolute Gasteiger partial charge is 0.497 e. The van der Waals surface area contributed by atoms with Gasteiger partial charge in [-0.15, -0.1) is 0 Å². The van der Waals surface area contributed by atoms with E-state index in [0.717, 1.165) is 10.9 Å². The van der Waals surface area contributed by atoms with Gasteiger partial charge in [0.25, 0.3) is 0 Å². The Morgan fingerprint density at radius 1 is 1.11 bits per heavy atom. The van der Waals surface area contributed by atoms with E-state index >= 15 is 0 Å². The molecule has 6 atom stereocenters. The van der Waals surface area contributed by atoms with Gasteiger partial charge in [-0.3, -0.25) is 9.59 Å². The molecule has 2 aliphatic heterocycles. The SMILES string of the molecule is COc1ccc2c(O[C@@H]3C[C@H]4C(=O)N[C@]5(C(=O)O)CC5CC/C=C/CO[C@H](C)[C@H](C)C(=O)N4C3)cc(-c3ccccc3)nc2c1. The average Bonchev–Trinajstić information content (AvgIpc) is 3.59. The minimum Gasteiger partial charge on any atom is -0.497 e. The molecule has 3 heterocycles. The molecule has 1 saturated heterocycles. The number of carbonyl (C=O) groups is 3. The van der Waals surface area contributed by atoms with Crippen LogP contribution < -0.4 is 14.8 Å². The van der Waals surface area contributed by atoms with Crippen LogP contribution in [0.2, 0.25) is 0 Å². The molecular formula is C35H39N3O7. The van der Waals surface area contributed by atoms with Crippen molar-refractivity contribution < 1.29 is 33.7 Å². The molecule has 236 valence electrons. The van der Waals surface area contributed by atoms with E-state index in [-0.39, 0.29) is 30.9 Å². The second-order valence-corrected chi connectivity index (χ2v) is 12.3. The number of allylic oxidation sites excluding steroid dienone is 1. The maximum absolute atomic E-state index is 13.9. The quantitative estimate of drug-likeness (QED) is 0.400. The van der Waals surface area contributed by atoms with Gasteiger partial charge in [-0.2, -0.15) is 0 Å². The number of aliphatic carboxylic acids is 1. The van der Waals surface area contributed by atoms with E-state index in [9.17, 15) is 19.5 Å². The summed E-state index contributed by atoms with van der Waals surface area (Å²) >= 11 is 0. The van der Waals surface area contributed by atoms with Gasteiger partial charge in [0.05, 0.1) is 43.5 Å². The normalized spacial score (nSPS) is 29.5. The number of carboxylic acid groups (broad SMARTS) is 1. The highest BCUT2D eigenvalue weighted by atomic mass is 16.5. The van der Waals surface area contributed by atoms with Crippen LogP contribution in [0.15, 0.2) is 66.7 Å². The zero-order chi connectivity index (χ0) is 31.7. The Kier molecular flexibility index (Phi) is 8.50. The van der Waals surface area contributed by atoms with E-state index in [4.69, 9.17) is 19.2 Å². The monoisotopic (exact) mass is 613 g/mol. The fourth-order valence-electron chi connectivity index (χ4n) is 6.46. The highest BCUT2D eigenvalue weighted by Crippen LogP contribution is 2.47. The van der Waals surface area contributed by atoms with Crippen molar-refractivity contribution in [1.82, 2.24) is 15.2 Å². The lowest BCUT2D eigenvalue weighted by molar-refractivity contribution is -0.147. The van der Waals surface area contributed by atoms with Crippen molar-refractivity contribution in [1.29, 1.82) is 0 Å². The first-order chi connectivity index (χ1) is 21.7. The fourth-order valence-corrected chi connectivity index (χ4v) is 6.46. The van der Waals surface area contributed by atoms with Crippen molar-refractivity contribution >= 4 is 28.7 Å². The molecule has 3 aromatic rings. The number of pyridine rings is 1. The first-order valence-corrected chi connectivity index (χ1v) is 15.5. The number of carbonyl (C=O) groups excluding carboxylic acids is 2. The summed E-state index contributed by atoms with van der Waals surface area (Å²) in [5.41, 5.74) is 0.990. The molecule has 1 unspecified atom stereocenters. The number of aromatic nitrogens is 1. The molecule has 2 N–H and O–H groups in total. The number of nitrogens with one attached hydrogen (secondary N) is 1. The molecular weight excluding hydrogens is 574 g/mol. The molecule has 3 aliphatic rings. The van der Waals surface area contributed by atoms with Crippen LogP contribution >= 0.6 is 0 Å². The Morgan fingerprint density at radius 3 is 2.67 bits per heavy atom. The summed E-state index contributed by atoms with van der Waals surface area (Å²) in [6.07, 6.45) is 4.85. The van der Waals surface area contributed by atoms with Gasteiger partial charge in [0, 0.05) is 29.5 Å². The predicted molar refractivity (Wildman–Crippen MR) is 168 cm³/mol. The number of methoxy groups -OCH3 is 1. The van der Waals surface area contributed by atoms with E-state index < -0.39 is 35.5 Å². The summed E-state index contributed by atoms with van der Waals surface area (Å²) in [4.78, 5) is 46.5. The Bertz CT molecular complexity index is 1630. The molecule has 0 spiro atoms. The number of nitrogens with zero attached hydrogens (tertiary/aromatic N) is 2. The van der Waals surface area contributed by atoms with E-state index in [2.05, 4.69) is 5.32 Å².